The number of aromatic nitrogens is 2. The van der Waals surface area contributed by atoms with E-state index in [0.29, 0.717) is 6.61 Å². The van der Waals surface area contributed by atoms with E-state index in [-0.39, 0.29) is 5.75 Å². The maximum atomic E-state index is 9.04. The van der Waals surface area contributed by atoms with E-state index in [0.717, 1.165) is 11.4 Å². The fourth-order valence-corrected chi connectivity index (χ4v) is 1.07. The van der Waals surface area contributed by atoms with Crippen LogP contribution in [0.25, 0.3) is 0 Å². The zero-order chi connectivity index (χ0) is 9.80. The summed E-state index contributed by atoms with van der Waals surface area (Å²) in [5.41, 5.74) is 0.915. The molecule has 0 radical (unpaired) electrons. The summed E-state index contributed by atoms with van der Waals surface area (Å²) in [6.07, 6.45) is 3.32. The van der Waals surface area contributed by atoms with Gasteiger partial charge >= 0.3 is 0 Å². The van der Waals surface area contributed by atoms with Gasteiger partial charge < -0.3 is 14.8 Å². The monoisotopic (exact) mass is 190 g/mol. The second-order valence-corrected chi connectivity index (χ2v) is 2.86. The number of H-pyrrole nitrogens is 1. The Morgan fingerprint density at radius 3 is 2.71 bits per heavy atom. The molecule has 0 aliphatic heterocycles. The predicted molar refractivity (Wildman–Crippen MR) is 51.0 cm³/mol. The topological polar surface area (TPSA) is 58.1 Å². The van der Waals surface area contributed by atoms with Crippen LogP contribution in [0.15, 0.2) is 36.8 Å². The second kappa shape index (κ2) is 3.83. The molecular weight excluding hydrogens is 180 g/mol. The summed E-state index contributed by atoms with van der Waals surface area (Å²) in [6, 6.07) is 6.60. The maximum Gasteiger partial charge on any atom is 0.130 e. The van der Waals surface area contributed by atoms with Gasteiger partial charge in [0.2, 0.25) is 0 Å². The number of phenols is 1. The summed E-state index contributed by atoms with van der Waals surface area (Å²) in [7, 11) is 0. The SMILES string of the molecule is Oc1ccc(OCc2cnc[nH]2)cc1. The standard InChI is InChI=1S/C10H10N2O2/c13-9-1-3-10(4-2-9)14-6-8-5-11-7-12-8/h1-5,7,13H,6H2,(H,11,12). The number of aromatic hydroxyl groups is 1. The number of rotatable bonds is 3. The molecule has 0 amide bonds. The van der Waals surface area contributed by atoms with Gasteiger partial charge in [0.1, 0.15) is 18.1 Å². The lowest BCUT2D eigenvalue weighted by Gasteiger charge is -2.03. The third kappa shape index (κ3) is 2.04. The maximum absolute atomic E-state index is 9.04. The average molecular weight is 190 g/mol. The Bertz CT molecular complexity index is 381. The molecule has 0 aliphatic rings. The quantitative estimate of drug-likeness (QED) is 0.774. The van der Waals surface area contributed by atoms with Gasteiger partial charge in [-0.15, -0.1) is 0 Å². The Labute approximate surface area is 81.2 Å². The molecule has 72 valence electrons. The van der Waals surface area contributed by atoms with Crippen LogP contribution in [0, 0.1) is 0 Å². The molecule has 1 heterocycles. The van der Waals surface area contributed by atoms with Crippen LogP contribution in [0.1, 0.15) is 5.69 Å². The van der Waals surface area contributed by atoms with Crippen LogP contribution in [0.3, 0.4) is 0 Å². The average Bonchev–Trinajstić information content (AvgIpc) is 2.70. The van der Waals surface area contributed by atoms with Crippen LogP contribution >= 0.6 is 0 Å². The van der Waals surface area contributed by atoms with E-state index < -0.39 is 0 Å². The first kappa shape index (κ1) is 8.62. The summed E-state index contributed by atoms with van der Waals surface area (Å²) < 4.78 is 5.42. The van der Waals surface area contributed by atoms with Crippen LogP contribution in [0.5, 0.6) is 11.5 Å². The van der Waals surface area contributed by atoms with E-state index in [4.69, 9.17) is 9.84 Å². The lowest BCUT2D eigenvalue weighted by atomic mass is 10.3. The molecule has 0 saturated heterocycles. The molecule has 0 atom stereocenters. The first-order valence-corrected chi connectivity index (χ1v) is 4.24. The summed E-state index contributed by atoms with van der Waals surface area (Å²) in [5.74, 6) is 0.955. The smallest absolute Gasteiger partial charge is 0.130 e. The highest BCUT2D eigenvalue weighted by Crippen LogP contribution is 2.16. The summed E-state index contributed by atoms with van der Waals surface area (Å²) in [5, 5.41) is 9.04. The lowest BCUT2D eigenvalue weighted by Crippen LogP contribution is -1.94. The number of benzene rings is 1. The van der Waals surface area contributed by atoms with E-state index in [1.54, 1.807) is 36.8 Å². The minimum absolute atomic E-state index is 0.235. The van der Waals surface area contributed by atoms with E-state index in [9.17, 15) is 0 Å². The fraction of sp³-hybridized carbons (Fsp3) is 0.100. The number of phenolic OH excluding ortho intramolecular Hbond substituents is 1. The molecule has 0 unspecified atom stereocenters. The Hall–Kier alpha value is -1.97. The van der Waals surface area contributed by atoms with Crippen molar-refractivity contribution < 1.29 is 9.84 Å². The Kier molecular flexibility index (Phi) is 2.36. The molecule has 2 aromatic rings. The molecule has 2 N–H and O–H groups in total. The van der Waals surface area contributed by atoms with Gasteiger partial charge in [-0.1, -0.05) is 0 Å². The zero-order valence-corrected chi connectivity index (χ0v) is 7.47. The number of nitrogens with zero attached hydrogens (tertiary/aromatic N) is 1. The van der Waals surface area contributed by atoms with Crippen molar-refractivity contribution in [3.63, 3.8) is 0 Å². The Morgan fingerprint density at radius 2 is 2.07 bits per heavy atom. The third-order valence-electron chi connectivity index (χ3n) is 1.79. The predicted octanol–water partition coefficient (Wildman–Crippen LogP) is 1.69. The van der Waals surface area contributed by atoms with Gasteiger partial charge in [-0.25, -0.2) is 4.98 Å². The third-order valence-corrected chi connectivity index (χ3v) is 1.79. The summed E-state index contributed by atoms with van der Waals surface area (Å²) in [4.78, 5) is 6.81. The van der Waals surface area contributed by atoms with Crippen LogP contribution in [0.4, 0.5) is 0 Å². The number of aromatic amines is 1. The van der Waals surface area contributed by atoms with Gasteiger partial charge in [0.05, 0.1) is 18.2 Å². The van der Waals surface area contributed by atoms with Crippen molar-refractivity contribution in [2.75, 3.05) is 0 Å². The molecule has 4 nitrogen and oxygen atoms in total. The number of nitrogens with one attached hydrogen (secondary N) is 1. The van der Waals surface area contributed by atoms with Crippen LogP contribution in [-0.2, 0) is 6.61 Å². The molecular formula is C10H10N2O2. The van der Waals surface area contributed by atoms with Gasteiger partial charge in [0, 0.05) is 0 Å². The lowest BCUT2D eigenvalue weighted by molar-refractivity contribution is 0.301. The number of imidazole rings is 1. The first-order chi connectivity index (χ1) is 6.84. The largest absolute Gasteiger partial charge is 0.508 e. The van der Waals surface area contributed by atoms with Crippen molar-refractivity contribution in [3.8, 4) is 11.5 Å². The highest BCUT2D eigenvalue weighted by Gasteiger charge is 1.96. The first-order valence-electron chi connectivity index (χ1n) is 4.24. The molecule has 1 aromatic heterocycles. The summed E-state index contributed by atoms with van der Waals surface area (Å²) >= 11 is 0. The van der Waals surface area contributed by atoms with Crippen molar-refractivity contribution in [1.29, 1.82) is 0 Å². The van der Waals surface area contributed by atoms with Crippen LogP contribution in [-0.4, -0.2) is 15.1 Å². The van der Waals surface area contributed by atoms with E-state index in [1.165, 1.54) is 0 Å². The zero-order valence-electron chi connectivity index (χ0n) is 7.47. The second-order valence-electron chi connectivity index (χ2n) is 2.86. The van der Waals surface area contributed by atoms with Gasteiger partial charge in [-0.3, -0.25) is 0 Å². The molecule has 0 spiro atoms. The van der Waals surface area contributed by atoms with Crippen molar-refractivity contribution in [2.24, 2.45) is 0 Å². The van der Waals surface area contributed by atoms with Crippen LogP contribution in [0.2, 0.25) is 0 Å². The molecule has 0 aliphatic carbocycles. The minimum atomic E-state index is 0.235. The van der Waals surface area contributed by atoms with E-state index in [2.05, 4.69) is 9.97 Å². The molecule has 4 heteroatoms. The van der Waals surface area contributed by atoms with Gasteiger partial charge in [0.15, 0.2) is 0 Å². The summed E-state index contributed by atoms with van der Waals surface area (Å²) in [6.45, 7) is 0.449. The highest BCUT2D eigenvalue weighted by molar-refractivity contribution is 5.30. The van der Waals surface area contributed by atoms with E-state index in [1.807, 2.05) is 0 Å². The van der Waals surface area contributed by atoms with Crippen LogP contribution < -0.4 is 4.74 Å². The number of hydrogen-bond donors (Lipinski definition) is 2. The molecule has 0 fully saturated rings. The van der Waals surface area contributed by atoms with Crippen molar-refractivity contribution in [1.82, 2.24) is 9.97 Å². The minimum Gasteiger partial charge on any atom is -0.508 e. The molecule has 0 bridgehead atoms. The highest BCUT2D eigenvalue weighted by atomic mass is 16.5. The molecule has 1 aromatic carbocycles. The fourth-order valence-electron chi connectivity index (χ4n) is 1.07. The molecule has 2 rings (SSSR count). The normalized spacial score (nSPS) is 10.0. The molecule has 14 heavy (non-hydrogen) atoms. The number of ether oxygens (including phenoxy) is 1. The Balaban J connectivity index is 1.95. The van der Waals surface area contributed by atoms with E-state index >= 15 is 0 Å². The van der Waals surface area contributed by atoms with Crippen molar-refractivity contribution in [2.45, 2.75) is 6.61 Å². The molecule has 0 saturated carbocycles. The number of hydrogen-bond acceptors (Lipinski definition) is 3. The van der Waals surface area contributed by atoms with Crippen molar-refractivity contribution >= 4 is 0 Å². The van der Waals surface area contributed by atoms with Gasteiger partial charge in [-0.05, 0) is 24.3 Å². The van der Waals surface area contributed by atoms with Crippen molar-refractivity contribution in [3.05, 3.63) is 42.5 Å². The van der Waals surface area contributed by atoms with Gasteiger partial charge in [0.25, 0.3) is 0 Å². The van der Waals surface area contributed by atoms with Gasteiger partial charge in [-0.2, -0.15) is 0 Å². The Morgan fingerprint density at radius 1 is 1.29 bits per heavy atom.